The second kappa shape index (κ2) is 5.07. The van der Waals surface area contributed by atoms with Crippen LogP contribution in [0.15, 0.2) is 6.07 Å². The van der Waals surface area contributed by atoms with Gasteiger partial charge in [-0.1, -0.05) is 0 Å². The van der Waals surface area contributed by atoms with Crippen LogP contribution in [0.3, 0.4) is 0 Å². The zero-order valence-corrected chi connectivity index (χ0v) is 12.6. The van der Waals surface area contributed by atoms with Gasteiger partial charge in [-0.3, -0.25) is 4.79 Å². The molecule has 0 spiro atoms. The molecule has 1 aliphatic rings. The van der Waals surface area contributed by atoms with Crippen LogP contribution in [0.1, 0.15) is 38.1 Å². The van der Waals surface area contributed by atoms with E-state index in [0.29, 0.717) is 6.29 Å². The molecule has 0 bridgehead atoms. The van der Waals surface area contributed by atoms with Gasteiger partial charge in [0.1, 0.15) is 0 Å². The molecule has 2 rings (SSSR count). The maximum atomic E-state index is 14.4. The van der Waals surface area contributed by atoms with E-state index < -0.39 is 35.7 Å². The summed E-state index contributed by atoms with van der Waals surface area (Å²) in [5.41, 5.74) is -1.72. The van der Waals surface area contributed by atoms with Gasteiger partial charge in [0, 0.05) is 5.46 Å². The van der Waals surface area contributed by atoms with Crippen molar-refractivity contribution in [2.75, 3.05) is 7.11 Å². The first-order chi connectivity index (χ1) is 9.64. The van der Waals surface area contributed by atoms with Crippen molar-refractivity contribution < 1.29 is 27.6 Å². The summed E-state index contributed by atoms with van der Waals surface area (Å²) in [4.78, 5) is 10.9. The summed E-state index contributed by atoms with van der Waals surface area (Å²) in [6, 6.07) is 1.09. The Hall–Kier alpha value is -1.47. The van der Waals surface area contributed by atoms with E-state index in [4.69, 9.17) is 14.0 Å². The number of hydrogen-bond acceptors (Lipinski definition) is 4. The van der Waals surface area contributed by atoms with Crippen LogP contribution in [0.5, 0.6) is 5.75 Å². The van der Waals surface area contributed by atoms with E-state index >= 15 is 0 Å². The molecule has 0 N–H and O–H groups in total. The molecule has 0 atom stereocenters. The van der Waals surface area contributed by atoms with E-state index in [2.05, 4.69) is 0 Å². The molecule has 0 radical (unpaired) electrons. The van der Waals surface area contributed by atoms with Crippen molar-refractivity contribution in [2.45, 2.75) is 38.9 Å². The fraction of sp³-hybridized carbons (Fsp3) is 0.500. The molecule has 0 saturated carbocycles. The van der Waals surface area contributed by atoms with E-state index in [9.17, 15) is 13.6 Å². The van der Waals surface area contributed by atoms with E-state index in [1.807, 2.05) is 27.7 Å². The second-order valence-corrected chi connectivity index (χ2v) is 5.92. The van der Waals surface area contributed by atoms with Crippen molar-refractivity contribution in [2.24, 2.45) is 0 Å². The monoisotopic (exact) mass is 298 g/mol. The van der Waals surface area contributed by atoms with Crippen molar-refractivity contribution in [1.29, 1.82) is 0 Å². The molecule has 1 aliphatic heterocycles. The number of benzene rings is 1. The highest BCUT2D eigenvalue weighted by Crippen LogP contribution is 2.37. The van der Waals surface area contributed by atoms with E-state index in [1.165, 1.54) is 0 Å². The van der Waals surface area contributed by atoms with Gasteiger partial charge in [0.15, 0.2) is 23.7 Å². The molecular weight excluding hydrogens is 281 g/mol. The quantitative estimate of drug-likeness (QED) is 0.633. The van der Waals surface area contributed by atoms with Crippen LogP contribution in [0, 0.1) is 11.6 Å². The predicted octanol–water partition coefficient (Wildman–Crippen LogP) is 2.09. The predicted molar refractivity (Wildman–Crippen MR) is 74.0 cm³/mol. The largest absolute Gasteiger partial charge is 0.498 e. The van der Waals surface area contributed by atoms with Crippen molar-refractivity contribution in [3.63, 3.8) is 0 Å². The number of carbonyl (C=O) groups excluding carboxylic acids is 1. The summed E-state index contributed by atoms with van der Waals surface area (Å²) >= 11 is 0. The van der Waals surface area contributed by atoms with Crippen molar-refractivity contribution in [3.8, 4) is 5.75 Å². The summed E-state index contributed by atoms with van der Waals surface area (Å²) in [6.07, 6.45) is 0.298. The molecule has 1 heterocycles. The fourth-order valence-electron chi connectivity index (χ4n) is 2.06. The smallest absolute Gasteiger partial charge is 0.491 e. The Morgan fingerprint density at radius 1 is 1.14 bits per heavy atom. The van der Waals surface area contributed by atoms with Crippen LogP contribution in [-0.2, 0) is 9.31 Å². The first kappa shape index (κ1) is 15.9. The number of halogens is 2. The minimum atomic E-state index is -1.04. The number of methoxy groups -OCH3 is 1. The zero-order valence-electron chi connectivity index (χ0n) is 12.6. The highest BCUT2D eigenvalue weighted by Gasteiger charge is 2.53. The van der Waals surface area contributed by atoms with Crippen LogP contribution < -0.4 is 10.2 Å². The number of hydrogen-bond donors (Lipinski definition) is 0. The lowest BCUT2D eigenvalue weighted by Crippen LogP contribution is -2.41. The van der Waals surface area contributed by atoms with Gasteiger partial charge in [0.2, 0.25) is 0 Å². The Kier molecular flexibility index (Phi) is 3.84. The zero-order chi connectivity index (χ0) is 16.0. The Morgan fingerprint density at radius 2 is 1.67 bits per heavy atom. The summed E-state index contributed by atoms with van der Waals surface area (Å²) in [6.45, 7) is 7.25. The molecule has 7 heteroatoms. The lowest BCUT2D eigenvalue weighted by molar-refractivity contribution is 0.00578. The standard InChI is InChI=1S/C14H17BF2O4/c1-13(2)14(3,4)21-15(20-13)9-6-8(7-18)10(16)12(19-5)11(9)17/h6-7H,1-5H3. The normalized spacial score (nSPS) is 19.7. The van der Waals surface area contributed by atoms with Crippen LogP contribution in [0.25, 0.3) is 0 Å². The van der Waals surface area contributed by atoms with Gasteiger partial charge >= 0.3 is 7.12 Å². The number of ether oxygens (including phenoxy) is 1. The molecule has 21 heavy (non-hydrogen) atoms. The maximum Gasteiger partial charge on any atom is 0.498 e. The van der Waals surface area contributed by atoms with Gasteiger partial charge in [0.25, 0.3) is 0 Å². The minimum Gasteiger partial charge on any atom is -0.491 e. The Bertz CT molecular complexity index is 571. The van der Waals surface area contributed by atoms with Crippen molar-refractivity contribution in [3.05, 3.63) is 23.3 Å². The Balaban J connectivity index is 2.54. The van der Waals surface area contributed by atoms with Gasteiger partial charge in [-0.2, -0.15) is 0 Å². The molecule has 0 amide bonds. The molecule has 0 aromatic heterocycles. The van der Waals surface area contributed by atoms with E-state index in [0.717, 1.165) is 13.2 Å². The van der Waals surface area contributed by atoms with Crippen LogP contribution in [0.2, 0.25) is 0 Å². The highest BCUT2D eigenvalue weighted by molar-refractivity contribution is 6.62. The fourth-order valence-corrected chi connectivity index (χ4v) is 2.06. The number of carbonyl (C=O) groups is 1. The van der Waals surface area contributed by atoms with Gasteiger partial charge in [-0.15, -0.1) is 0 Å². The molecule has 0 aliphatic carbocycles. The van der Waals surface area contributed by atoms with E-state index in [1.54, 1.807) is 0 Å². The third-order valence-corrected chi connectivity index (χ3v) is 4.05. The lowest BCUT2D eigenvalue weighted by atomic mass is 9.77. The highest BCUT2D eigenvalue weighted by atomic mass is 19.1. The SMILES string of the molecule is COc1c(F)c(C=O)cc(B2OC(C)(C)C(C)(C)O2)c1F. The number of rotatable bonds is 3. The lowest BCUT2D eigenvalue weighted by Gasteiger charge is -2.32. The van der Waals surface area contributed by atoms with Crippen LogP contribution in [0.4, 0.5) is 8.78 Å². The summed E-state index contributed by atoms with van der Waals surface area (Å²) in [7, 11) is 0.0904. The molecule has 1 fully saturated rings. The first-order valence-electron chi connectivity index (χ1n) is 6.51. The van der Waals surface area contributed by atoms with Crippen molar-refractivity contribution >= 4 is 18.9 Å². The molecule has 1 aromatic rings. The minimum absolute atomic E-state index is 0.0611. The molecule has 0 unspecified atom stereocenters. The average Bonchev–Trinajstić information content (AvgIpc) is 2.59. The van der Waals surface area contributed by atoms with E-state index in [-0.39, 0.29) is 11.0 Å². The third-order valence-electron chi connectivity index (χ3n) is 4.05. The van der Waals surface area contributed by atoms with Gasteiger partial charge in [-0.25, -0.2) is 8.78 Å². The summed E-state index contributed by atoms with van der Waals surface area (Å²) in [5.74, 6) is -2.59. The van der Waals surface area contributed by atoms with Crippen molar-refractivity contribution in [1.82, 2.24) is 0 Å². The Morgan fingerprint density at radius 3 is 2.10 bits per heavy atom. The van der Waals surface area contributed by atoms with Gasteiger partial charge < -0.3 is 14.0 Å². The summed E-state index contributed by atoms with van der Waals surface area (Å²) < 4.78 is 44.3. The topological polar surface area (TPSA) is 44.8 Å². The Labute approximate surface area is 122 Å². The molecule has 4 nitrogen and oxygen atoms in total. The van der Waals surface area contributed by atoms with Gasteiger partial charge in [-0.05, 0) is 33.8 Å². The second-order valence-electron chi connectivity index (χ2n) is 5.92. The molecule has 114 valence electrons. The van der Waals surface area contributed by atoms with Gasteiger partial charge in [0.05, 0.1) is 23.9 Å². The first-order valence-corrected chi connectivity index (χ1v) is 6.51. The maximum absolute atomic E-state index is 14.4. The summed E-state index contributed by atoms with van der Waals surface area (Å²) in [5, 5.41) is 0. The van der Waals surface area contributed by atoms with Crippen LogP contribution >= 0.6 is 0 Å². The molecule has 1 aromatic carbocycles. The van der Waals surface area contributed by atoms with Crippen LogP contribution in [-0.4, -0.2) is 31.7 Å². The average molecular weight is 298 g/mol. The molecular formula is C14H17BF2O4. The molecule has 1 saturated heterocycles. The third kappa shape index (κ3) is 2.44. The number of aldehydes is 1.